The molecule has 5 aromatic rings. The Balaban J connectivity index is 1.41. The Hall–Kier alpha value is -3.78. The first-order valence-electron chi connectivity index (χ1n) is 11.1. The smallest absolute Gasteiger partial charge is 0.163 e. The van der Waals surface area contributed by atoms with Gasteiger partial charge in [0.05, 0.1) is 24.2 Å². The van der Waals surface area contributed by atoms with Gasteiger partial charge in [-0.2, -0.15) is 9.61 Å². The highest BCUT2D eigenvalue weighted by molar-refractivity contribution is 5.85. The number of hydrogen-bond donors (Lipinski definition) is 3. The largest absolute Gasteiger partial charge is 0.389 e. The van der Waals surface area contributed by atoms with Gasteiger partial charge < -0.3 is 15.4 Å². The minimum Gasteiger partial charge on any atom is -0.389 e. The van der Waals surface area contributed by atoms with Crippen molar-refractivity contribution < 1.29 is 9.50 Å². The third-order valence-electron chi connectivity index (χ3n) is 6.40. The Morgan fingerprint density at radius 2 is 2.09 bits per heavy atom. The van der Waals surface area contributed by atoms with Gasteiger partial charge in [0.1, 0.15) is 11.6 Å². The average Bonchev–Trinajstić information content (AvgIpc) is 3.41. The van der Waals surface area contributed by atoms with E-state index in [9.17, 15) is 9.50 Å². The first kappa shape index (κ1) is 19.9. The number of benzene rings is 1. The lowest BCUT2D eigenvalue weighted by Gasteiger charge is -2.25. The fourth-order valence-electron chi connectivity index (χ4n) is 4.78. The number of aliphatic hydroxyl groups excluding tert-OH is 1. The van der Waals surface area contributed by atoms with Crippen LogP contribution in [0, 0.1) is 5.82 Å². The zero-order valence-corrected chi connectivity index (χ0v) is 18.1. The second kappa shape index (κ2) is 7.67. The molecule has 0 bridgehead atoms. The minimum atomic E-state index is -0.729. The summed E-state index contributed by atoms with van der Waals surface area (Å²) in [6.07, 6.45) is 6.45. The second-order valence-electron chi connectivity index (χ2n) is 8.64. The maximum Gasteiger partial charge on any atom is 0.163 e. The number of aliphatic hydroxyl groups is 1. The molecule has 4 aromatic heterocycles. The summed E-state index contributed by atoms with van der Waals surface area (Å²) in [6.45, 7) is 1.68. The fourth-order valence-corrected chi connectivity index (χ4v) is 4.78. The number of aromatic nitrogens is 5. The Labute approximate surface area is 189 Å². The van der Waals surface area contributed by atoms with Crippen LogP contribution in [0.2, 0.25) is 0 Å². The van der Waals surface area contributed by atoms with Crippen LogP contribution in [0.1, 0.15) is 36.3 Å². The molecule has 33 heavy (non-hydrogen) atoms. The number of para-hydroxylation sites is 1. The van der Waals surface area contributed by atoms with Crippen molar-refractivity contribution in [1.82, 2.24) is 24.6 Å². The van der Waals surface area contributed by atoms with Crippen molar-refractivity contribution in [3.05, 3.63) is 77.6 Å². The molecule has 1 aromatic carbocycles. The van der Waals surface area contributed by atoms with Gasteiger partial charge in [-0.05, 0) is 43.9 Å². The van der Waals surface area contributed by atoms with Gasteiger partial charge in [-0.1, -0.05) is 18.2 Å². The first-order valence-corrected chi connectivity index (χ1v) is 11.1. The van der Waals surface area contributed by atoms with Gasteiger partial charge >= 0.3 is 0 Å². The number of rotatable bonds is 4. The highest BCUT2D eigenvalue weighted by Crippen LogP contribution is 2.32. The third kappa shape index (κ3) is 3.43. The summed E-state index contributed by atoms with van der Waals surface area (Å²) in [4.78, 5) is 12.2. The van der Waals surface area contributed by atoms with Crippen molar-refractivity contribution in [1.29, 1.82) is 0 Å². The minimum absolute atomic E-state index is 0.194. The molecule has 1 aliphatic rings. The van der Waals surface area contributed by atoms with Gasteiger partial charge in [-0.3, -0.25) is 4.98 Å². The van der Waals surface area contributed by atoms with Crippen molar-refractivity contribution in [3.63, 3.8) is 0 Å². The number of H-pyrrole nitrogens is 1. The molecule has 0 radical (unpaired) electrons. The van der Waals surface area contributed by atoms with Crippen LogP contribution < -0.4 is 5.32 Å². The van der Waals surface area contributed by atoms with Crippen LogP contribution in [-0.2, 0) is 12.8 Å². The Bertz CT molecular complexity index is 1490. The van der Waals surface area contributed by atoms with E-state index in [4.69, 9.17) is 0 Å². The van der Waals surface area contributed by atoms with Crippen LogP contribution in [0.15, 0.2) is 55.0 Å². The van der Waals surface area contributed by atoms with Crippen molar-refractivity contribution in [2.45, 2.75) is 38.3 Å². The Morgan fingerprint density at radius 1 is 1.21 bits per heavy atom. The highest BCUT2D eigenvalue weighted by atomic mass is 19.1. The molecule has 0 saturated heterocycles. The van der Waals surface area contributed by atoms with E-state index in [1.807, 2.05) is 12.1 Å². The summed E-state index contributed by atoms with van der Waals surface area (Å²) in [6, 6.07) is 11.9. The van der Waals surface area contributed by atoms with Crippen LogP contribution >= 0.6 is 0 Å². The van der Waals surface area contributed by atoms with Crippen LogP contribution in [0.3, 0.4) is 0 Å². The van der Waals surface area contributed by atoms with Crippen molar-refractivity contribution in [2.24, 2.45) is 0 Å². The van der Waals surface area contributed by atoms with Gasteiger partial charge in [0.25, 0.3) is 0 Å². The zero-order chi connectivity index (χ0) is 22.5. The van der Waals surface area contributed by atoms with Gasteiger partial charge in [-0.25, -0.2) is 9.37 Å². The number of pyridine rings is 1. The number of nitrogens with zero attached hydrogens (tertiary/aromatic N) is 4. The molecule has 6 rings (SSSR count). The molecular weight excluding hydrogens is 419 g/mol. The molecule has 1 aliphatic carbocycles. The molecule has 3 N–H and O–H groups in total. The summed E-state index contributed by atoms with van der Waals surface area (Å²) in [5, 5.41) is 19.6. The normalized spacial score (nSPS) is 16.8. The van der Waals surface area contributed by atoms with Crippen molar-refractivity contribution in [3.8, 4) is 11.3 Å². The summed E-state index contributed by atoms with van der Waals surface area (Å²) in [5.74, 6) is 0.325. The maximum atomic E-state index is 13.9. The topological polar surface area (TPSA) is 91.1 Å². The third-order valence-corrected chi connectivity index (χ3v) is 6.40. The van der Waals surface area contributed by atoms with E-state index in [2.05, 4.69) is 43.6 Å². The number of anilines is 1. The van der Waals surface area contributed by atoms with Crippen LogP contribution in [-0.4, -0.2) is 35.7 Å². The summed E-state index contributed by atoms with van der Waals surface area (Å²) < 4.78 is 15.6. The number of fused-ring (bicyclic) bond motifs is 4. The summed E-state index contributed by atoms with van der Waals surface area (Å²) in [7, 11) is 0. The van der Waals surface area contributed by atoms with Gasteiger partial charge in [0, 0.05) is 46.0 Å². The molecule has 166 valence electrons. The average molecular weight is 442 g/mol. The molecule has 0 fully saturated rings. The van der Waals surface area contributed by atoms with Crippen LogP contribution in [0.5, 0.6) is 0 Å². The molecule has 7 nitrogen and oxygen atoms in total. The monoisotopic (exact) mass is 442 g/mol. The van der Waals surface area contributed by atoms with E-state index in [1.165, 1.54) is 34.4 Å². The maximum absolute atomic E-state index is 13.9. The molecule has 0 saturated carbocycles. The molecular formula is C25H23FN6O. The van der Waals surface area contributed by atoms with Crippen molar-refractivity contribution in [2.75, 3.05) is 5.32 Å². The SMILES string of the molecule is C[C@H](O)c1cnn2c(N[C@@H]3CCc4[nH]c5ccccc5c4C3)cc(-c3cncc(F)c3)nc12. The van der Waals surface area contributed by atoms with E-state index in [0.717, 1.165) is 25.1 Å². The molecule has 0 amide bonds. The number of aryl methyl sites for hydroxylation is 1. The van der Waals surface area contributed by atoms with Crippen LogP contribution in [0.4, 0.5) is 10.2 Å². The van der Waals surface area contributed by atoms with Gasteiger partial charge in [0.15, 0.2) is 5.65 Å². The zero-order valence-electron chi connectivity index (χ0n) is 18.1. The van der Waals surface area contributed by atoms with Crippen LogP contribution in [0.25, 0.3) is 27.8 Å². The summed E-state index contributed by atoms with van der Waals surface area (Å²) in [5.41, 5.74) is 6.12. The Kier molecular flexibility index (Phi) is 4.62. The van der Waals surface area contributed by atoms with E-state index in [1.54, 1.807) is 23.8 Å². The van der Waals surface area contributed by atoms with E-state index in [-0.39, 0.29) is 6.04 Å². The number of nitrogens with one attached hydrogen (secondary N) is 2. The number of hydrogen-bond acceptors (Lipinski definition) is 5. The molecule has 2 atom stereocenters. The van der Waals surface area contributed by atoms with Crippen molar-refractivity contribution >= 4 is 22.4 Å². The summed E-state index contributed by atoms with van der Waals surface area (Å²) >= 11 is 0. The lowest BCUT2D eigenvalue weighted by Crippen LogP contribution is -2.28. The lowest BCUT2D eigenvalue weighted by molar-refractivity contribution is 0.200. The molecule has 8 heteroatoms. The first-order chi connectivity index (χ1) is 16.1. The predicted molar refractivity (Wildman–Crippen MR) is 125 cm³/mol. The number of halogens is 1. The van der Waals surface area contributed by atoms with E-state index >= 15 is 0 Å². The standard InChI is InChI=1S/C25H23FN6O/c1-14(33)20-13-28-32-24(10-23(31-25(20)32)15-8-16(26)12-27-11-15)29-17-6-7-22-19(9-17)18-4-2-3-5-21(18)30-22/h2-5,8,10-14,17,29-30,33H,6-7,9H2,1H3/t14-,17+/m0/s1. The molecule has 0 spiro atoms. The molecule has 0 unspecified atom stereocenters. The quantitative estimate of drug-likeness (QED) is 0.383. The molecule has 0 aliphatic heterocycles. The van der Waals surface area contributed by atoms with Gasteiger partial charge in [-0.15, -0.1) is 0 Å². The Morgan fingerprint density at radius 3 is 2.94 bits per heavy atom. The second-order valence-corrected chi connectivity index (χ2v) is 8.64. The van der Waals surface area contributed by atoms with Gasteiger partial charge in [0.2, 0.25) is 0 Å². The fraction of sp³-hybridized carbons (Fsp3) is 0.240. The van der Waals surface area contributed by atoms with E-state index in [0.29, 0.717) is 22.5 Å². The number of aromatic amines is 1. The lowest BCUT2D eigenvalue weighted by atomic mass is 9.91. The van der Waals surface area contributed by atoms with E-state index < -0.39 is 11.9 Å². The molecule has 4 heterocycles. The highest BCUT2D eigenvalue weighted by Gasteiger charge is 2.24. The predicted octanol–water partition coefficient (Wildman–Crippen LogP) is 4.43.